The van der Waals surface area contributed by atoms with Crippen molar-refractivity contribution in [2.45, 2.75) is 51.9 Å². The summed E-state index contributed by atoms with van der Waals surface area (Å²) in [5.74, 6) is 0.440. The molecule has 0 atom stereocenters. The molecule has 5 N–H and O–H groups in total. The van der Waals surface area contributed by atoms with Crippen LogP contribution in [0.2, 0.25) is 0 Å². The van der Waals surface area contributed by atoms with E-state index >= 15 is 0 Å². The van der Waals surface area contributed by atoms with E-state index in [1.54, 1.807) is 0 Å². The maximum atomic E-state index is 10.4. The minimum Gasteiger partial charge on any atom is -0.507 e. The zero-order chi connectivity index (χ0) is 14.5. The maximum absolute atomic E-state index is 10.4. The van der Waals surface area contributed by atoms with E-state index in [1.165, 1.54) is 5.56 Å². The molecule has 0 aliphatic rings. The van der Waals surface area contributed by atoms with E-state index in [-0.39, 0.29) is 5.41 Å². The molecule has 0 radical (unpaired) electrons. The molecule has 0 saturated heterocycles. The Morgan fingerprint density at radius 2 is 1.37 bits per heavy atom. The molecule has 0 saturated carbocycles. The van der Waals surface area contributed by atoms with E-state index in [0.29, 0.717) is 18.8 Å². The van der Waals surface area contributed by atoms with Gasteiger partial charge in [-0.25, -0.2) is 0 Å². The first kappa shape index (κ1) is 16.0. The minimum absolute atomic E-state index is 0.0859. The van der Waals surface area contributed by atoms with Crippen LogP contribution in [-0.2, 0) is 18.3 Å². The summed E-state index contributed by atoms with van der Waals surface area (Å²) in [4.78, 5) is 0. The number of rotatable bonds is 6. The average molecular weight is 264 g/mol. The molecule has 19 heavy (non-hydrogen) atoms. The number of aryl methyl sites for hydroxylation is 2. The van der Waals surface area contributed by atoms with Crippen LogP contribution in [0.15, 0.2) is 12.1 Å². The summed E-state index contributed by atoms with van der Waals surface area (Å²) in [7, 11) is 0. The van der Waals surface area contributed by atoms with Crippen LogP contribution in [0.4, 0.5) is 0 Å². The lowest BCUT2D eigenvalue weighted by atomic mass is 9.83. The Morgan fingerprint density at radius 1 is 0.947 bits per heavy atom. The first-order chi connectivity index (χ1) is 8.90. The molecule has 0 fully saturated rings. The molecule has 3 nitrogen and oxygen atoms in total. The highest BCUT2D eigenvalue weighted by Gasteiger charge is 2.18. The van der Waals surface area contributed by atoms with Gasteiger partial charge in [0, 0.05) is 0 Å². The fourth-order valence-corrected chi connectivity index (χ4v) is 2.16. The van der Waals surface area contributed by atoms with E-state index in [2.05, 4.69) is 32.9 Å². The SMILES string of the molecule is CC(C)(C)c1cc(CCCN)c(O)c(CCCN)c1. The van der Waals surface area contributed by atoms with Crippen LogP contribution < -0.4 is 11.5 Å². The Kier molecular flexibility index (Phi) is 5.83. The van der Waals surface area contributed by atoms with Gasteiger partial charge in [-0.05, 0) is 60.9 Å². The topological polar surface area (TPSA) is 72.3 Å². The third-order valence-electron chi connectivity index (χ3n) is 3.43. The number of phenols is 1. The van der Waals surface area contributed by atoms with Crippen molar-refractivity contribution in [3.8, 4) is 5.75 Å². The van der Waals surface area contributed by atoms with Crippen molar-refractivity contribution in [1.29, 1.82) is 0 Å². The molecule has 0 spiro atoms. The molecule has 3 heteroatoms. The normalized spacial score (nSPS) is 11.8. The highest BCUT2D eigenvalue weighted by molar-refractivity contribution is 5.46. The summed E-state index contributed by atoms with van der Waals surface area (Å²) < 4.78 is 0. The van der Waals surface area contributed by atoms with Crippen molar-refractivity contribution < 1.29 is 5.11 Å². The summed E-state index contributed by atoms with van der Waals surface area (Å²) in [5.41, 5.74) is 14.5. The highest BCUT2D eigenvalue weighted by atomic mass is 16.3. The highest BCUT2D eigenvalue weighted by Crippen LogP contribution is 2.32. The van der Waals surface area contributed by atoms with Crippen LogP contribution in [0, 0.1) is 0 Å². The van der Waals surface area contributed by atoms with Crippen LogP contribution in [0.5, 0.6) is 5.75 Å². The lowest BCUT2D eigenvalue weighted by Gasteiger charge is -2.22. The standard InChI is InChI=1S/C16H28N2O/c1-16(2,3)14-10-12(6-4-8-17)15(19)13(11-14)7-5-9-18/h10-11,19H,4-9,17-18H2,1-3H3. The average Bonchev–Trinajstić information content (AvgIpc) is 2.34. The van der Waals surface area contributed by atoms with Gasteiger partial charge in [0.1, 0.15) is 5.75 Å². The second kappa shape index (κ2) is 6.92. The molecule has 1 aromatic carbocycles. The Hall–Kier alpha value is -1.06. The molecular formula is C16H28N2O. The third kappa shape index (κ3) is 4.51. The van der Waals surface area contributed by atoms with Crippen LogP contribution >= 0.6 is 0 Å². The van der Waals surface area contributed by atoms with Gasteiger partial charge in [0.25, 0.3) is 0 Å². The van der Waals surface area contributed by atoms with Gasteiger partial charge in [0.05, 0.1) is 0 Å². The summed E-state index contributed by atoms with van der Waals surface area (Å²) >= 11 is 0. The van der Waals surface area contributed by atoms with Gasteiger partial charge in [0.15, 0.2) is 0 Å². The largest absolute Gasteiger partial charge is 0.507 e. The Bertz CT molecular complexity index is 379. The number of hydrogen-bond donors (Lipinski definition) is 3. The fourth-order valence-electron chi connectivity index (χ4n) is 2.16. The van der Waals surface area contributed by atoms with E-state index in [9.17, 15) is 5.11 Å². The van der Waals surface area contributed by atoms with Gasteiger partial charge in [-0.1, -0.05) is 32.9 Å². The molecule has 0 amide bonds. The summed E-state index contributed by atoms with van der Waals surface area (Å²) in [6.07, 6.45) is 3.47. The van der Waals surface area contributed by atoms with E-state index in [1.807, 2.05) is 0 Å². The first-order valence-corrected chi connectivity index (χ1v) is 7.15. The first-order valence-electron chi connectivity index (χ1n) is 7.15. The van der Waals surface area contributed by atoms with E-state index in [0.717, 1.165) is 36.8 Å². The second-order valence-corrected chi connectivity index (χ2v) is 6.18. The molecule has 0 bridgehead atoms. The summed E-state index contributed by atoms with van der Waals surface area (Å²) in [5, 5.41) is 10.4. The van der Waals surface area contributed by atoms with E-state index < -0.39 is 0 Å². The van der Waals surface area contributed by atoms with Crippen molar-refractivity contribution in [3.63, 3.8) is 0 Å². The maximum Gasteiger partial charge on any atom is 0.121 e. The monoisotopic (exact) mass is 264 g/mol. The van der Waals surface area contributed by atoms with Crippen LogP contribution in [-0.4, -0.2) is 18.2 Å². The lowest BCUT2D eigenvalue weighted by molar-refractivity contribution is 0.457. The quantitative estimate of drug-likeness (QED) is 0.739. The van der Waals surface area contributed by atoms with Gasteiger partial charge in [-0.15, -0.1) is 0 Å². The zero-order valence-electron chi connectivity index (χ0n) is 12.5. The lowest BCUT2D eigenvalue weighted by Crippen LogP contribution is -2.13. The molecule has 0 aliphatic carbocycles. The minimum atomic E-state index is 0.0859. The van der Waals surface area contributed by atoms with Crippen LogP contribution in [0.1, 0.15) is 50.3 Å². The smallest absolute Gasteiger partial charge is 0.121 e. The van der Waals surface area contributed by atoms with E-state index in [4.69, 9.17) is 11.5 Å². The number of nitrogens with two attached hydrogens (primary N) is 2. The molecule has 0 heterocycles. The molecule has 1 aromatic rings. The predicted molar refractivity (Wildman–Crippen MR) is 81.6 cm³/mol. The Labute approximate surface area is 117 Å². The zero-order valence-corrected chi connectivity index (χ0v) is 12.5. The van der Waals surface area contributed by atoms with Crippen molar-refractivity contribution in [3.05, 3.63) is 28.8 Å². The molecular weight excluding hydrogens is 236 g/mol. The third-order valence-corrected chi connectivity index (χ3v) is 3.43. The molecule has 108 valence electrons. The Morgan fingerprint density at radius 3 is 1.68 bits per heavy atom. The number of hydrogen-bond acceptors (Lipinski definition) is 3. The second-order valence-electron chi connectivity index (χ2n) is 6.18. The molecule has 0 aromatic heterocycles. The van der Waals surface area contributed by atoms with Crippen molar-refractivity contribution >= 4 is 0 Å². The van der Waals surface area contributed by atoms with Crippen LogP contribution in [0.25, 0.3) is 0 Å². The van der Waals surface area contributed by atoms with Crippen molar-refractivity contribution in [2.75, 3.05) is 13.1 Å². The van der Waals surface area contributed by atoms with Gasteiger partial charge in [0.2, 0.25) is 0 Å². The van der Waals surface area contributed by atoms with Gasteiger partial charge in [-0.3, -0.25) is 0 Å². The predicted octanol–water partition coefficient (Wildman–Crippen LogP) is 2.47. The van der Waals surface area contributed by atoms with Crippen LogP contribution in [0.3, 0.4) is 0 Å². The van der Waals surface area contributed by atoms with Gasteiger partial charge >= 0.3 is 0 Å². The van der Waals surface area contributed by atoms with Crippen molar-refractivity contribution in [1.82, 2.24) is 0 Å². The molecule has 0 unspecified atom stereocenters. The number of phenolic OH excluding ortho intramolecular Hbond substituents is 1. The molecule has 1 rings (SSSR count). The summed E-state index contributed by atoms with van der Waals surface area (Å²) in [6.45, 7) is 7.88. The summed E-state index contributed by atoms with van der Waals surface area (Å²) in [6, 6.07) is 4.24. The van der Waals surface area contributed by atoms with Gasteiger partial charge in [-0.2, -0.15) is 0 Å². The fraction of sp³-hybridized carbons (Fsp3) is 0.625. The van der Waals surface area contributed by atoms with Gasteiger partial charge < -0.3 is 16.6 Å². The van der Waals surface area contributed by atoms with Crippen molar-refractivity contribution in [2.24, 2.45) is 11.5 Å². The Balaban J connectivity index is 3.14. The number of benzene rings is 1. The number of aromatic hydroxyl groups is 1. The molecule has 0 aliphatic heterocycles.